The lowest BCUT2D eigenvalue weighted by molar-refractivity contribution is 0.153. The number of rotatable bonds is 11. The summed E-state index contributed by atoms with van der Waals surface area (Å²) < 4.78 is 0. The summed E-state index contributed by atoms with van der Waals surface area (Å²) in [5.41, 5.74) is 4.56. The molecule has 0 saturated carbocycles. The van der Waals surface area contributed by atoms with E-state index >= 15 is 0 Å². The summed E-state index contributed by atoms with van der Waals surface area (Å²) in [6.45, 7) is 13.2. The molecule has 38 heavy (non-hydrogen) atoms. The summed E-state index contributed by atoms with van der Waals surface area (Å²) in [6.07, 6.45) is 4.12. The van der Waals surface area contributed by atoms with Gasteiger partial charge in [-0.3, -0.25) is 4.90 Å². The van der Waals surface area contributed by atoms with Crippen molar-refractivity contribution in [1.29, 1.82) is 5.26 Å². The van der Waals surface area contributed by atoms with Crippen LogP contribution in [0.2, 0.25) is 0 Å². The van der Waals surface area contributed by atoms with E-state index in [0.717, 1.165) is 44.6 Å². The normalized spacial score (nSPS) is 16.6. The molecule has 1 atom stereocenters. The molecule has 1 aliphatic heterocycles. The van der Waals surface area contributed by atoms with Crippen LogP contribution in [0.4, 0.5) is 0 Å². The molecular formula is C35H45N3. The maximum Gasteiger partial charge on any atom is 0.0846 e. The lowest BCUT2D eigenvalue weighted by Crippen LogP contribution is -2.42. The largest absolute Gasteiger partial charge is 0.303 e. The molecule has 0 spiro atoms. The lowest BCUT2D eigenvalue weighted by Gasteiger charge is -2.37. The van der Waals surface area contributed by atoms with Gasteiger partial charge in [-0.05, 0) is 101 Å². The molecule has 1 heterocycles. The number of nitriles is 1. The average Bonchev–Trinajstić information content (AvgIpc) is 2.96. The molecule has 1 fully saturated rings. The molecule has 0 N–H and O–H groups in total. The number of piperidine rings is 1. The Morgan fingerprint density at radius 3 is 1.89 bits per heavy atom. The predicted octanol–water partition coefficient (Wildman–Crippen LogP) is 7.89. The Hall–Kier alpha value is -2.93. The highest BCUT2D eigenvalue weighted by Crippen LogP contribution is 2.35. The van der Waals surface area contributed by atoms with Crippen LogP contribution in [0.15, 0.2) is 84.9 Å². The van der Waals surface area contributed by atoms with Gasteiger partial charge >= 0.3 is 0 Å². The first-order valence-electron chi connectivity index (χ1n) is 14.5. The third-order valence-corrected chi connectivity index (χ3v) is 8.60. The highest BCUT2D eigenvalue weighted by Gasteiger charge is 2.34. The molecule has 1 aliphatic rings. The number of hydrogen-bond acceptors (Lipinski definition) is 3. The molecule has 0 amide bonds. The van der Waals surface area contributed by atoms with E-state index < -0.39 is 5.41 Å². The van der Waals surface area contributed by atoms with Gasteiger partial charge in [0.05, 0.1) is 11.5 Å². The zero-order valence-electron chi connectivity index (χ0n) is 23.8. The van der Waals surface area contributed by atoms with E-state index in [-0.39, 0.29) is 0 Å². The molecule has 0 aromatic heterocycles. The van der Waals surface area contributed by atoms with Gasteiger partial charge in [0.2, 0.25) is 0 Å². The van der Waals surface area contributed by atoms with Gasteiger partial charge in [0.15, 0.2) is 0 Å². The fourth-order valence-electron chi connectivity index (χ4n) is 6.20. The molecule has 3 heteroatoms. The van der Waals surface area contributed by atoms with Gasteiger partial charge in [-0.2, -0.15) is 5.26 Å². The van der Waals surface area contributed by atoms with E-state index in [1.807, 2.05) is 0 Å². The van der Waals surface area contributed by atoms with Crippen molar-refractivity contribution >= 4 is 0 Å². The minimum atomic E-state index is -0.493. The van der Waals surface area contributed by atoms with Crippen LogP contribution in [0, 0.1) is 11.3 Å². The summed E-state index contributed by atoms with van der Waals surface area (Å²) in [6, 6.07) is 34.1. The standard InChI is InChI=1S/C35H45N3/c1-28(2)38(29(3)4)26-22-35(27-36,34-17-15-32(16-18-34)30-11-7-5-8-12-30)21-25-37-23-19-33(20-24-37)31-13-9-6-10-14-31/h5-18,28-29,33H,19-26H2,1-4H3. The fourth-order valence-corrected chi connectivity index (χ4v) is 6.20. The Morgan fingerprint density at radius 2 is 1.34 bits per heavy atom. The van der Waals surface area contributed by atoms with Crippen molar-refractivity contribution in [2.24, 2.45) is 0 Å². The SMILES string of the molecule is CC(C)N(CCC(C#N)(CCN1CCC(c2ccccc2)CC1)c1ccc(-c2ccccc2)cc1)C(C)C. The third-order valence-electron chi connectivity index (χ3n) is 8.60. The first-order chi connectivity index (χ1) is 18.4. The zero-order valence-corrected chi connectivity index (χ0v) is 23.8. The number of hydrogen-bond donors (Lipinski definition) is 0. The van der Waals surface area contributed by atoms with E-state index in [1.165, 1.54) is 29.5 Å². The zero-order chi connectivity index (χ0) is 27.0. The smallest absolute Gasteiger partial charge is 0.0846 e. The van der Waals surface area contributed by atoms with Crippen LogP contribution in [-0.2, 0) is 5.41 Å². The van der Waals surface area contributed by atoms with E-state index in [0.29, 0.717) is 18.0 Å². The summed E-state index contributed by atoms with van der Waals surface area (Å²) in [7, 11) is 0. The first kappa shape index (κ1) is 28.1. The summed E-state index contributed by atoms with van der Waals surface area (Å²) >= 11 is 0. The Kier molecular flexibility index (Phi) is 9.78. The van der Waals surface area contributed by atoms with E-state index in [1.54, 1.807) is 0 Å². The highest BCUT2D eigenvalue weighted by molar-refractivity contribution is 5.63. The van der Waals surface area contributed by atoms with Crippen molar-refractivity contribution in [2.75, 3.05) is 26.2 Å². The fraction of sp³-hybridized carbons (Fsp3) is 0.457. The van der Waals surface area contributed by atoms with Crippen LogP contribution in [0.5, 0.6) is 0 Å². The Balaban J connectivity index is 1.50. The summed E-state index contributed by atoms with van der Waals surface area (Å²) in [5.74, 6) is 0.657. The lowest BCUT2D eigenvalue weighted by atomic mass is 9.75. The van der Waals surface area contributed by atoms with Crippen LogP contribution in [-0.4, -0.2) is 48.1 Å². The van der Waals surface area contributed by atoms with Crippen molar-refractivity contribution < 1.29 is 0 Å². The van der Waals surface area contributed by atoms with Crippen LogP contribution in [0.25, 0.3) is 11.1 Å². The Morgan fingerprint density at radius 1 is 0.789 bits per heavy atom. The Labute approximate surface area is 231 Å². The molecule has 3 aromatic carbocycles. The summed E-state index contributed by atoms with van der Waals surface area (Å²) in [5, 5.41) is 10.7. The molecule has 0 aliphatic carbocycles. The molecule has 1 saturated heterocycles. The van der Waals surface area contributed by atoms with Crippen molar-refractivity contribution in [3.8, 4) is 17.2 Å². The van der Waals surface area contributed by atoms with Crippen molar-refractivity contribution in [1.82, 2.24) is 9.80 Å². The highest BCUT2D eigenvalue weighted by atomic mass is 15.2. The van der Waals surface area contributed by atoms with Gasteiger partial charge in [0.25, 0.3) is 0 Å². The van der Waals surface area contributed by atoms with Crippen molar-refractivity contribution in [3.05, 3.63) is 96.1 Å². The molecular weight excluding hydrogens is 462 g/mol. The predicted molar refractivity (Wildman–Crippen MR) is 160 cm³/mol. The van der Waals surface area contributed by atoms with Crippen LogP contribution >= 0.6 is 0 Å². The number of nitrogens with zero attached hydrogens (tertiary/aromatic N) is 3. The van der Waals surface area contributed by atoms with Crippen LogP contribution in [0.1, 0.15) is 70.4 Å². The van der Waals surface area contributed by atoms with Crippen LogP contribution in [0.3, 0.4) is 0 Å². The maximum absolute atomic E-state index is 10.7. The quantitative estimate of drug-likeness (QED) is 0.264. The number of benzene rings is 3. The van der Waals surface area contributed by atoms with E-state index in [2.05, 4.69) is 128 Å². The second kappa shape index (κ2) is 13.2. The first-order valence-corrected chi connectivity index (χ1v) is 14.5. The third kappa shape index (κ3) is 6.93. The van der Waals surface area contributed by atoms with E-state index in [9.17, 15) is 5.26 Å². The molecule has 200 valence electrons. The second-order valence-corrected chi connectivity index (χ2v) is 11.6. The van der Waals surface area contributed by atoms with Gasteiger partial charge in [0, 0.05) is 18.6 Å². The van der Waals surface area contributed by atoms with Crippen molar-refractivity contribution in [3.63, 3.8) is 0 Å². The second-order valence-electron chi connectivity index (χ2n) is 11.6. The molecule has 0 bridgehead atoms. The van der Waals surface area contributed by atoms with Gasteiger partial charge in [-0.15, -0.1) is 0 Å². The van der Waals surface area contributed by atoms with E-state index in [4.69, 9.17) is 0 Å². The minimum Gasteiger partial charge on any atom is -0.303 e. The topological polar surface area (TPSA) is 30.3 Å². The molecule has 0 radical (unpaired) electrons. The van der Waals surface area contributed by atoms with Gasteiger partial charge in [0.1, 0.15) is 0 Å². The minimum absolute atomic E-state index is 0.462. The van der Waals surface area contributed by atoms with Gasteiger partial charge < -0.3 is 4.90 Å². The summed E-state index contributed by atoms with van der Waals surface area (Å²) in [4.78, 5) is 5.11. The maximum atomic E-state index is 10.7. The van der Waals surface area contributed by atoms with Gasteiger partial charge in [-0.1, -0.05) is 84.9 Å². The molecule has 1 unspecified atom stereocenters. The average molecular weight is 508 g/mol. The van der Waals surface area contributed by atoms with Crippen molar-refractivity contribution in [2.45, 2.75) is 76.8 Å². The number of likely N-dealkylation sites (tertiary alicyclic amines) is 1. The monoisotopic (exact) mass is 507 g/mol. The molecule has 4 rings (SSSR count). The van der Waals surface area contributed by atoms with Gasteiger partial charge in [-0.25, -0.2) is 0 Å². The molecule has 3 nitrogen and oxygen atoms in total. The molecule has 3 aromatic rings. The van der Waals surface area contributed by atoms with Crippen LogP contribution < -0.4 is 0 Å². The Bertz CT molecular complexity index is 1130.